The van der Waals surface area contributed by atoms with Crippen LogP contribution in [0.25, 0.3) is 0 Å². The molecule has 0 saturated carbocycles. The smallest absolute Gasteiger partial charge is 0.220 e. The molecule has 1 amide bonds. The van der Waals surface area contributed by atoms with Crippen LogP contribution in [-0.2, 0) is 11.2 Å². The van der Waals surface area contributed by atoms with E-state index in [1.807, 2.05) is 43.3 Å². The summed E-state index contributed by atoms with van der Waals surface area (Å²) in [5, 5.41) is 4.20. The van der Waals surface area contributed by atoms with Gasteiger partial charge in [0.2, 0.25) is 5.91 Å². The molecule has 0 atom stereocenters. The first kappa shape index (κ1) is 17.6. The Kier molecular flexibility index (Phi) is 6.75. The van der Waals surface area contributed by atoms with Gasteiger partial charge in [0, 0.05) is 16.5 Å². The molecule has 2 rings (SSSR count). The van der Waals surface area contributed by atoms with Gasteiger partial charge in [-0.25, -0.2) is 0 Å². The van der Waals surface area contributed by atoms with Gasteiger partial charge in [-0.3, -0.25) is 4.79 Å². The molecule has 23 heavy (non-hydrogen) atoms. The molecular formula is C18H19Cl2NO2. The lowest BCUT2D eigenvalue weighted by Crippen LogP contribution is -2.28. The van der Waals surface area contributed by atoms with Gasteiger partial charge in [0.1, 0.15) is 12.4 Å². The second-order valence-corrected chi connectivity index (χ2v) is 6.02. The first-order valence-electron chi connectivity index (χ1n) is 7.45. The lowest BCUT2D eigenvalue weighted by atomic mass is 10.1. The van der Waals surface area contributed by atoms with Crippen LogP contribution < -0.4 is 10.1 Å². The lowest BCUT2D eigenvalue weighted by Gasteiger charge is -2.09. The number of hydrogen-bond acceptors (Lipinski definition) is 2. The second kappa shape index (κ2) is 8.80. The summed E-state index contributed by atoms with van der Waals surface area (Å²) in [6.45, 7) is 2.79. The zero-order valence-electron chi connectivity index (χ0n) is 12.9. The Morgan fingerprint density at radius 1 is 1.13 bits per heavy atom. The second-order valence-electron chi connectivity index (χ2n) is 5.20. The molecule has 0 aliphatic rings. The summed E-state index contributed by atoms with van der Waals surface area (Å²) in [4.78, 5) is 11.8. The van der Waals surface area contributed by atoms with Crippen molar-refractivity contribution in [1.29, 1.82) is 0 Å². The molecule has 122 valence electrons. The Balaban J connectivity index is 1.67. The number of nitrogens with one attached hydrogen (secondary N) is 1. The molecule has 0 unspecified atom stereocenters. The van der Waals surface area contributed by atoms with Crippen LogP contribution in [0.4, 0.5) is 0 Å². The van der Waals surface area contributed by atoms with Crippen molar-refractivity contribution in [2.45, 2.75) is 19.8 Å². The molecule has 0 fully saturated rings. The van der Waals surface area contributed by atoms with Crippen LogP contribution in [0.5, 0.6) is 5.75 Å². The number of aryl methyl sites for hydroxylation is 2. The van der Waals surface area contributed by atoms with E-state index >= 15 is 0 Å². The highest BCUT2D eigenvalue weighted by Crippen LogP contribution is 2.21. The predicted molar refractivity (Wildman–Crippen MR) is 94.5 cm³/mol. The van der Waals surface area contributed by atoms with Crippen molar-refractivity contribution < 1.29 is 9.53 Å². The Morgan fingerprint density at radius 2 is 1.91 bits per heavy atom. The average Bonchev–Trinajstić information content (AvgIpc) is 2.54. The summed E-state index contributed by atoms with van der Waals surface area (Å²) in [7, 11) is 0. The fraction of sp³-hybridized carbons (Fsp3) is 0.278. The van der Waals surface area contributed by atoms with Gasteiger partial charge >= 0.3 is 0 Å². The van der Waals surface area contributed by atoms with E-state index in [2.05, 4.69) is 5.32 Å². The summed E-state index contributed by atoms with van der Waals surface area (Å²) in [5.74, 6) is 0.682. The first-order chi connectivity index (χ1) is 11.1. The van der Waals surface area contributed by atoms with E-state index < -0.39 is 0 Å². The molecule has 3 nitrogen and oxygen atoms in total. The summed E-state index contributed by atoms with van der Waals surface area (Å²) in [6.07, 6.45) is 1.03. The standard InChI is InChI=1S/C18H19Cl2NO2/c1-13-6-8-15(12-17(13)20)23-11-10-21-18(22)9-7-14-4-2-3-5-16(14)19/h2-6,8,12H,7,9-11H2,1H3,(H,21,22). The Morgan fingerprint density at radius 3 is 2.65 bits per heavy atom. The maximum atomic E-state index is 11.8. The minimum atomic E-state index is -0.0181. The maximum Gasteiger partial charge on any atom is 0.220 e. The molecule has 1 N–H and O–H groups in total. The third-order valence-electron chi connectivity index (χ3n) is 3.42. The number of carbonyl (C=O) groups is 1. The van der Waals surface area contributed by atoms with Crippen molar-refractivity contribution in [3.63, 3.8) is 0 Å². The van der Waals surface area contributed by atoms with E-state index in [0.717, 1.165) is 11.1 Å². The van der Waals surface area contributed by atoms with Crippen molar-refractivity contribution in [1.82, 2.24) is 5.32 Å². The molecule has 5 heteroatoms. The van der Waals surface area contributed by atoms with Crippen molar-refractivity contribution in [2.24, 2.45) is 0 Å². The zero-order valence-corrected chi connectivity index (χ0v) is 14.5. The van der Waals surface area contributed by atoms with Crippen molar-refractivity contribution in [2.75, 3.05) is 13.2 Å². The van der Waals surface area contributed by atoms with Crippen molar-refractivity contribution >= 4 is 29.1 Å². The lowest BCUT2D eigenvalue weighted by molar-refractivity contribution is -0.121. The number of rotatable bonds is 7. The molecule has 0 aliphatic carbocycles. The largest absolute Gasteiger partial charge is 0.492 e. The molecule has 0 bridgehead atoms. The van der Waals surface area contributed by atoms with Gasteiger partial charge in [-0.05, 0) is 42.7 Å². The van der Waals surface area contributed by atoms with E-state index in [1.165, 1.54) is 0 Å². The van der Waals surface area contributed by atoms with Crippen LogP contribution in [0.3, 0.4) is 0 Å². The van der Waals surface area contributed by atoms with Gasteiger partial charge in [0.25, 0.3) is 0 Å². The summed E-state index contributed by atoms with van der Waals surface area (Å²) >= 11 is 12.1. The third kappa shape index (κ3) is 5.77. The average molecular weight is 352 g/mol. The van der Waals surface area contributed by atoms with E-state index in [4.69, 9.17) is 27.9 Å². The minimum absolute atomic E-state index is 0.0181. The monoisotopic (exact) mass is 351 g/mol. The van der Waals surface area contributed by atoms with Crippen LogP contribution in [0.15, 0.2) is 42.5 Å². The number of ether oxygens (including phenoxy) is 1. The highest BCUT2D eigenvalue weighted by Gasteiger charge is 2.05. The van der Waals surface area contributed by atoms with Gasteiger partial charge in [-0.15, -0.1) is 0 Å². The highest BCUT2D eigenvalue weighted by molar-refractivity contribution is 6.31. The van der Waals surface area contributed by atoms with Gasteiger partial charge in [0.15, 0.2) is 0 Å². The quantitative estimate of drug-likeness (QED) is 0.749. The number of amides is 1. The normalized spacial score (nSPS) is 10.4. The summed E-state index contributed by atoms with van der Waals surface area (Å²) < 4.78 is 5.55. The van der Waals surface area contributed by atoms with Crippen LogP contribution in [0, 0.1) is 6.92 Å². The van der Waals surface area contributed by atoms with Crippen LogP contribution in [0.2, 0.25) is 10.0 Å². The Hall–Kier alpha value is -1.71. The Bertz CT molecular complexity index is 674. The van der Waals surface area contributed by atoms with E-state index in [9.17, 15) is 4.79 Å². The zero-order chi connectivity index (χ0) is 16.7. The number of benzene rings is 2. The van der Waals surface area contributed by atoms with E-state index in [-0.39, 0.29) is 5.91 Å². The van der Waals surface area contributed by atoms with Gasteiger partial charge in [-0.2, -0.15) is 0 Å². The Labute approximate surface area is 146 Å². The third-order valence-corrected chi connectivity index (χ3v) is 4.19. The van der Waals surface area contributed by atoms with Crippen molar-refractivity contribution in [3.8, 4) is 5.75 Å². The molecule has 2 aromatic carbocycles. The van der Waals surface area contributed by atoms with Crippen LogP contribution in [-0.4, -0.2) is 19.1 Å². The fourth-order valence-corrected chi connectivity index (χ4v) is 2.46. The molecular weight excluding hydrogens is 333 g/mol. The first-order valence-corrected chi connectivity index (χ1v) is 8.21. The maximum absolute atomic E-state index is 11.8. The van der Waals surface area contributed by atoms with Crippen molar-refractivity contribution in [3.05, 3.63) is 63.6 Å². The molecule has 0 radical (unpaired) electrons. The SMILES string of the molecule is Cc1ccc(OCCNC(=O)CCc2ccccc2Cl)cc1Cl. The van der Waals surface area contributed by atoms with Crippen LogP contribution >= 0.6 is 23.2 Å². The molecule has 2 aromatic rings. The number of hydrogen-bond donors (Lipinski definition) is 1. The molecule has 0 aliphatic heterocycles. The number of halogens is 2. The molecule has 0 aromatic heterocycles. The summed E-state index contributed by atoms with van der Waals surface area (Å²) in [5.41, 5.74) is 1.99. The predicted octanol–water partition coefficient (Wildman–Crippen LogP) is 4.43. The highest BCUT2D eigenvalue weighted by atomic mass is 35.5. The van der Waals surface area contributed by atoms with Gasteiger partial charge in [-0.1, -0.05) is 47.5 Å². The molecule has 0 spiro atoms. The van der Waals surface area contributed by atoms with Crippen LogP contribution in [0.1, 0.15) is 17.5 Å². The molecule has 0 heterocycles. The molecule has 0 saturated heterocycles. The van der Waals surface area contributed by atoms with E-state index in [0.29, 0.717) is 41.8 Å². The summed E-state index contributed by atoms with van der Waals surface area (Å²) in [6, 6.07) is 13.1. The van der Waals surface area contributed by atoms with Gasteiger partial charge in [0.05, 0.1) is 6.54 Å². The fourth-order valence-electron chi connectivity index (χ4n) is 2.06. The van der Waals surface area contributed by atoms with E-state index in [1.54, 1.807) is 6.07 Å². The minimum Gasteiger partial charge on any atom is -0.492 e. The van der Waals surface area contributed by atoms with Gasteiger partial charge < -0.3 is 10.1 Å². The number of carbonyl (C=O) groups excluding carboxylic acids is 1. The topological polar surface area (TPSA) is 38.3 Å².